The van der Waals surface area contributed by atoms with E-state index in [-0.39, 0.29) is 11.9 Å². The number of aryl methyl sites for hydroxylation is 2. The number of carbonyl (C=O) groups excluding carboxylic acids is 1. The number of piperazine rings is 1. The molecule has 0 bridgehead atoms. The average Bonchev–Trinajstić information content (AvgIpc) is 3.36. The van der Waals surface area contributed by atoms with Gasteiger partial charge in [-0.25, -0.2) is 5.01 Å². The topological polar surface area (TPSA) is 48.4 Å². The maximum Gasteiger partial charge on any atom is 0.257 e. The summed E-state index contributed by atoms with van der Waals surface area (Å²) < 4.78 is 5.35. The van der Waals surface area contributed by atoms with Crippen molar-refractivity contribution >= 4 is 11.6 Å². The highest BCUT2D eigenvalue weighted by atomic mass is 16.5. The Balaban J connectivity index is 1.29. The summed E-state index contributed by atoms with van der Waals surface area (Å²) in [6.07, 6.45) is 0.701. The molecule has 0 N–H and O–H groups in total. The van der Waals surface area contributed by atoms with Crippen LogP contribution in [0.2, 0.25) is 0 Å². The fourth-order valence-corrected chi connectivity index (χ4v) is 5.34. The van der Waals surface area contributed by atoms with E-state index in [1.54, 1.807) is 12.1 Å². The Labute approximate surface area is 220 Å². The number of benzene rings is 3. The Morgan fingerprint density at radius 2 is 1.62 bits per heavy atom. The van der Waals surface area contributed by atoms with Gasteiger partial charge in [0, 0.05) is 44.7 Å². The Kier molecular flexibility index (Phi) is 7.68. The monoisotopic (exact) mass is 496 g/mol. The molecule has 2 aliphatic rings. The molecule has 192 valence electrons. The summed E-state index contributed by atoms with van der Waals surface area (Å²) in [5.41, 5.74) is 6.92. The van der Waals surface area contributed by atoms with Gasteiger partial charge in [0.05, 0.1) is 25.4 Å². The van der Waals surface area contributed by atoms with Gasteiger partial charge in [0.15, 0.2) is 0 Å². The lowest BCUT2D eigenvalue weighted by molar-refractivity contribution is -0.134. The number of rotatable bonds is 7. The molecule has 3 aromatic carbocycles. The van der Waals surface area contributed by atoms with Gasteiger partial charge in [-0.1, -0.05) is 66.2 Å². The van der Waals surface area contributed by atoms with Crippen LogP contribution < -0.4 is 4.74 Å². The molecule has 0 saturated carbocycles. The molecule has 3 aromatic rings. The van der Waals surface area contributed by atoms with Crippen LogP contribution in [0.5, 0.6) is 5.75 Å². The minimum Gasteiger partial charge on any atom is -0.497 e. The highest BCUT2D eigenvalue weighted by molar-refractivity contribution is 6.04. The zero-order chi connectivity index (χ0) is 25.8. The molecule has 37 heavy (non-hydrogen) atoms. The SMILES string of the molecule is COc1ccc([C@H]2CC(c3ccc(C)cc3C)=NN2C(=O)CN2CCN(Cc3ccccc3)CC2)cc1. The second-order valence-corrected chi connectivity index (χ2v) is 10.1. The number of carbonyl (C=O) groups is 1. The van der Waals surface area contributed by atoms with Gasteiger partial charge in [0.1, 0.15) is 5.75 Å². The predicted molar refractivity (Wildman–Crippen MR) is 148 cm³/mol. The standard InChI is InChI=1S/C31H36N4O2/c1-23-9-14-28(24(2)19-23)29-20-30(26-10-12-27(37-3)13-11-26)35(32-29)31(36)22-34-17-15-33(16-18-34)21-25-7-5-4-6-8-25/h4-14,19,30H,15-18,20-22H2,1-3H3/t30-/m1/s1. The van der Waals surface area contributed by atoms with Crippen LogP contribution in [-0.2, 0) is 11.3 Å². The molecule has 0 spiro atoms. The van der Waals surface area contributed by atoms with Crippen molar-refractivity contribution in [2.45, 2.75) is 32.9 Å². The van der Waals surface area contributed by atoms with Gasteiger partial charge >= 0.3 is 0 Å². The van der Waals surface area contributed by atoms with Crippen LogP contribution >= 0.6 is 0 Å². The summed E-state index contributed by atoms with van der Waals surface area (Å²) >= 11 is 0. The van der Waals surface area contributed by atoms with Gasteiger partial charge in [-0.15, -0.1) is 0 Å². The van der Waals surface area contributed by atoms with Crippen LogP contribution in [0.15, 0.2) is 77.9 Å². The number of nitrogens with zero attached hydrogens (tertiary/aromatic N) is 4. The third-order valence-corrected chi connectivity index (χ3v) is 7.43. The summed E-state index contributed by atoms with van der Waals surface area (Å²) in [6.45, 7) is 9.24. The summed E-state index contributed by atoms with van der Waals surface area (Å²) in [5.74, 6) is 0.862. The molecular weight excluding hydrogens is 460 g/mol. The normalized spacial score (nSPS) is 18.6. The first-order valence-corrected chi connectivity index (χ1v) is 13.1. The number of amides is 1. The number of hydrazone groups is 1. The average molecular weight is 497 g/mol. The lowest BCUT2D eigenvalue weighted by Gasteiger charge is -2.35. The van der Waals surface area contributed by atoms with Gasteiger partial charge < -0.3 is 4.74 Å². The number of hydrogen-bond acceptors (Lipinski definition) is 5. The van der Waals surface area contributed by atoms with Crippen LogP contribution in [0.4, 0.5) is 0 Å². The zero-order valence-corrected chi connectivity index (χ0v) is 22.1. The molecule has 1 saturated heterocycles. The van der Waals surface area contributed by atoms with Crippen molar-refractivity contribution in [1.29, 1.82) is 0 Å². The summed E-state index contributed by atoms with van der Waals surface area (Å²) in [4.78, 5) is 18.4. The van der Waals surface area contributed by atoms with E-state index in [9.17, 15) is 4.79 Å². The summed E-state index contributed by atoms with van der Waals surface area (Å²) in [6, 6.07) is 24.9. The van der Waals surface area contributed by atoms with Gasteiger partial charge in [0.25, 0.3) is 5.91 Å². The van der Waals surface area contributed by atoms with Crippen molar-refractivity contribution in [1.82, 2.24) is 14.8 Å². The van der Waals surface area contributed by atoms with E-state index in [1.165, 1.54) is 16.7 Å². The van der Waals surface area contributed by atoms with Crippen LogP contribution in [0.25, 0.3) is 0 Å². The molecule has 1 atom stereocenters. The fourth-order valence-electron chi connectivity index (χ4n) is 5.34. The molecule has 0 unspecified atom stereocenters. The molecule has 0 aliphatic carbocycles. The number of ether oxygens (including phenoxy) is 1. The van der Waals surface area contributed by atoms with E-state index in [2.05, 4.69) is 72.2 Å². The van der Waals surface area contributed by atoms with Crippen molar-refractivity contribution in [2.24, 2.45) is 5.10 Å². The second-order valence-electron chi connectivity index (χ2n) is 10.1. The molecule has 6 nitrogen and oxygen atoms in total. The molecule has 2 aliphatic heterocycles. The third-order valence-electron chi connectivity index (χ3n) is 7.43. The number of hydrogen-bond donors (Lipinski definition) is 0. The van der Waals surface area contributed by atoms with Crippen LogP contribution in [0.3, 0.4) is 0 Å². The van der Waals surface area contributed by atoms with Gasteiger partial charge in [-0.05, 0) is 42.7 Å². The van der Waals surface area contributed by atoms with E-state index in [0.29, 0.717) is 13.0 Å². The molecule has 0 radical (unpaired) electrons. The van der Waals surface area contributed by atoms with Gasteiger partial charge in [-0.3, -0.25) is 14.6 Å². The van der Waals surface area contributed by atoms with Crippen molar-refractivity contribution in [3.05, 3.63) is 101 Å². The molecular formula is C31H36N4O2. The van der Waals surface area contributed by atoms with E-state index in [4.69, 9.17) is 9.84 Å². The number of methoxy groups -OCH3 is 1. The quantitative estimate of drug-likeness (QED) is 0.471. The van der Waals surface area contributed by atoms with Crippen molar-refractivity contribution in [3.63, 3.8) is 0 Å². The molecule has 2 heterocycles. The van der Waals surface area contributed by atoms with Crippen molar-refractivity contribution in [3.8, 4) is 5.75 Å². The molecule has 0 aromatic heterocycles. The van der Waals surface area contributed by atoms with Crippen molar-refractivity contribution in [2.75, 3.05) is 39.8 Å². The largest absolute Gasteiger partial charge is 0.497 e. The molecule has 5 rings (SSSR count). The van der Waals surface area contributed by atoms with Crippen molar-refractivity contribution < 1.29 is 9.53 Å². The first-order chi connectivity index (χ1) is 18.0. The van der Waals surface area contributed by atoms with E-state index >= 15 is 0 Å². The molecule has 1 amide bonds. The van der Waals surface area contributed by atoms with Gasteiger partial charge in [-0.2, -0.15) is 5.10 Å². The minimum atomic E-state index is -0.117. The van der Waals surface area contributed by atoms with Crippen LogP contribution in [-0.4, -0.2) is 66.3 Å². The predicted octanol–water partition coefficient (Wildman–Crippen LogP) is 4.81. The van der Waals surface area contributed by atoms with Crippen LogP contribution in [0.1, 0.15) is 40.3 Å². The van der Waals surface area contributed by atoms with E-state index in [0.717, 1.165) is 55.3 Å². The Hall–Kier alpha value is -3.48. The Bertz CT molecular complexity index is 1250. The first kappa shape index (κ1) is 25.2. The van der Waals surface area contributed by atoms with Crippen LogP contribution in [0, 0.1) is 13.8 Å². The second kappa shape index (κ2) is 11.3. The molecule has 1 fully saturated rings. The van der Waals surface area contributed by atoms with E-state index in [1.807, 2.05) is 24.3 Å². The lowest BCUT2D eigenvalue weighted by Crippen LogP contribution is -2.49. The lowest BCUT2D eigenvalue weighted by atomic mass is 9.95. The first-order valence-electron chi connectivity index (χ1n) is 13.1. The minimum absolute atomic E-state index is 0.0529. The maximum atomic E-state index is 13.6. The Morgan fingerprint density at radius 1 is 0.919 bits per heavy atom. The highest BCUT2D eigenvalue weighted by Gasteiger charge is 2.34. The maximum absolute atomic E-state index is 13.6. The zero-order valence-electron chi connectivity index (χ0n) is 22.1. The van der Waals surface area contributed by atoms with Gasteiger partial charge in [0.2, 0.25) is 0 Å². The third kappa shape index (κ3) is 5.92. The highest BCUT2D eigenvalue weighted by Crippen LogP contribution is 2.34. The fraction of sp³-hybridized carbons (Fsp3) is 0.355. The summed E-state index contributed by atoms with van der Waals surface area (Å²) in [5, 5.41) is 6.65. The Morgan fingerprint density at radius 3 is 2.30 bits per heavy atom. The molecule has 6 heteroatoms. The smallest absolute Gasteiger partial charge is 0.257 e. The summed E-state index contributed by atoms with van der Waals surface area (Å²) in [7, 11) is 1.67. The van der Waals surface area contributed by atoms with E-state index < -0.39 is 0 Å².